The number of aryl methyl sites for hydroxylation is 1. The van der Waals surface area contributed by atoms with Crippen molar-refractivity contribution >= 4 is 35.1 Å². The third-order valence-corrected chi connectivity index (χ3v) is 3.71. The zero-order valence-electron chi connectivity index (χ0n) is 12.6. The van der Waals surface area contributed by atoms with Gasteiger partial charge in [0.15, 0.2) is 5.11 Å². The number of benzene rings is 1. The molecule has 128 valence electrons. The number of thiocarbonyl (C=S) groups is 1. The maximum absolute atomic E-state index is 12.8. The van der Waals surface area contributed by atoms with Crippen molar-refractivity contribution in [3.05, 3.63) is 46.2 Å². The van der Waals surface area contributed by atoms with Crippen LogP contribution in [-0.2, 0) is 6.18 Å². The van der Waals surface area contributed by atoms with Crippen LogP contribution in [0.5, 0.6) is 0 Å². The molecule has 24 heavy (non-hydrogen) atoms. The van der Waals surface area contributed by atoms with Gasteiger partial charge in [0.25, 0.3) is 0 Å². The molecule has 1 aromatic heterocycles. The summed E-state index contributed by atoms with van der Waals surface area (Å²) in [6.07, 6.45) is -3.04. The van der Waals surface area contributed by atoms with Crippen LogP contribution in [-0.4, -0.2) is 28.2 Å². The third-order valence-electron chi connectivity index (χ3n) is 3.05. The number of hydrogen-bond donors (Lipinski definition) is 2. The lowest BCUT2D eigenvalue weighted by atomic mass is 10.2. The van der Waals surface area contributed by atoms with Gasteiger partial charge in [0.2, 0.25) is 0 Å². The number of aromatic nitrogens is 2. The fourth-order valence-corrected chi connectivity index (χ4v) is 2.23. The molecule has 0 aliphatic carbocycles. The van der Waals surface area contributed by atoms with Crippen molar-refractivity contribution in [1.29, 1.82) is 0 Å². The second kappa shape index (κ2) is 7.18. The number of hydrazone groups is 1. The molecule has 0 aliphatic heterocycles. The smallest absolute Gasteiger partial charge is 0.364 e. The molecule has 1 aromatic carbocycles. The summed E-state index contributed by atoms with van der Waals surface area (Å²) >= 11 is 11.1. The molecule has 0 unspecified atom stereocenters. The Hall–Kier alpha value is -2.13. The Morgan fingerprint density at radius 3 is 2.75 bits per heavy atom. The Kier molecular flexibility index (Phi) is 5.45. The van der Waals surface area contributed by atoms with Gasteiger partial charge in [-0.15, -0.1) is 0 Å². The fourth-order valence-electron chi connectivity index (χ4n) is 1.85. The van der Waals surface area contributed by atoms with Crippen molar-refractivity contribution in [1.82, 2.24) is 20.5 Å². The summed E-state index contributed by atoms with van der Waals surface area (Å²) in [5.41, 5.74) is 2.97. The van der Waals surface area contributed by atoms with Crippen LogP contribution in [0.3, 0.4) is 0 Å². The predicted octanol–water partition coefficient (Wildman–Crippen LogP) is 3.28. The minimum atomic E-state index is -4.44. The second-order valence-electron chi connectivity index (χ2n) is 4.70. The highest BCUT2D eigenvalue weighted by molar-refractivity contribution is 7.80. The number of alkyl halides is 3. The minimum Gasteiger partial charge on any atom is -0.364 e. The topological polar surface area (TPSA) is 54.2 Å². The summed E-state index contributed by atoms with van der Waals surface area (Å²) in [7, 11) is 1.63. The summed E-state index contributed by atoms with van der Waals surface area (Å²) in [6, 6.07) is 4.75. The van der Waals surface area contributed by atoms with E-state index in [1.54, 1.807) is 14.0 Å². The van der Waals surface area contributed by atoms with E-state index in [4.69, 9.17) is 23.8 Å². The van der Waals surface area contributed by atoms with Crippen LogP contribution in [0.15, 0.2) is 29.4 Å². The van der Waals surface area contributed by atoms with E-state index in [1.165, 1.54) is 23.0 Å². The van der Waals surface area contributed by atoms with Crippen molar-refractivity contribution in [2.75, 3.05) is 7.05 Å². The van der Waals surface area contributed by atoms with Crippen LogP contribution in [0.2, 0.25) is 5.15 Å². The molecule has 0 spiro atoms. The Labute approximate surface area is 146 Å². The van der Waals surface area contributed by atoms with Gasteiger partial charge < -0.3 is 5.32 Å². The van der Waals surface area contributed by atoms with Crippen LogP contribution < -0.4 is 10.7 Å². The number of nitrogens with one attached hydrogen (secondary N) is 2. The van der Waals surface area contributed by atoms with Crippen molar-refractivity contribution in [2.45, 2.75) is 13.1 Å². The van der Waals surface area contributed by atoms with Crippen LogP contribution in [0.1, 0.15) is 16.8 Å². The van der Waals surface area contributed by atoms with Crippen LogP contribution in [0.4, 0.5) is 13.2 Å². The molecule has 0 fully saturated rings. The minimum absolute atomic E-state index is 0.146. The SMILES string of the molecule is CNC(=S)N/N=C\c1c(C)nn(-c2cccc(C(F)(F)F)c2)c1Cl. The van der Waals surface area contributed by atoms with Gasteiger partial charge in [-0.2, -0.15) is 23.4 Å². The zero-order chi connectivity index (χ0) is 17.9. The van der Waals surface area contributed by atoms with Gasteiger partial charge in [-0.25, -0.2) is 4.68 Å². The maximum Gasteiger partial charge on any atom is 0.416 e. The highest BCUT2D eigenvalue weighted by Gasteiger charge is 2.30. The molecule has 0 atom stereocenters. The van der Waals surface area contributed by atoms with Gasteiger partial charge in [-0.3, -0.25) is 5.43 Å². The molecule has 0 aliphatic rings. The van der Waals surface area contributed by atoms with E-state index in [-0.39, 0.29) is 10.8 Å². The maximum atomic E-state index is 12.8. The molecule has 0 amide bonds. The molecule has 2 aromatic rings. The lowest BCUT2D eigenvalue weighted by Gasteiger charge is -2.09. The van der Waals surface area contributed by atoms with E-state index in [0.29, 0.717) is 16.4 Å². The van der Waals surface area contributed by atoms with E-state index >= 15 is 0 Å². The molecule has 2 rings (SSSR count). The number of hydrogen-bond acceptors (Lipinski definition) is 3. The highest BCUT2D eigenvalue weighted by atomic mass is 35.5. The number of halogens is 4. The zero-order valence-corrected chi connectivity index (χ0v) is 14.2. The molecule has 0 bridgehead atoms. The first kappa shape index (κ1) is 18.2. The molecular formula is C14H13ClF3N5S. The van der Waals surface area contributed by atoms with E-state index in [9.17, 15) is 13.2 Å². The average Bonchev–Trinajstić information content (AvgIpc) is 2.82. The molecular weight excluding hydrogens is 363 g/mol. The normalized spacial score (nSPS) is 11.8. The van der Waals surface area contributed by atoms with Crippen LogP contribution in [0.25, 0.3) is 5.69 Å². The summed E-state index contributed by atoms with van der Waals surface area (Å²) in [5, 5.41) is 11.2. The van der Waals surface area contributed by atoms with Gasteiger partial charge in [0.1, 0.15) is 5.15 Å². The Balaban J connectivity index is 2.37. The predicted molar refractivity (Wildman–Crippen MR) is 90.7 cm³/mol. The van der Waals surface area contributed by atoms with E-state index in [1.807, 2.05) is 0 Å². The first-order valence-electron chi connectivity index (χ1n) is 6.67. The second-order valence-corrected chi connectivity index (χ2v) is 5.47. The molecule has 0 saturated heterocycles. The highest BCUT2D eigenvalue weighted by Crippen LogP contribution is 2.31. The molecule has 10 heteroatoms. The van der Waals surface area contributed by atoms with E-state index in [0.717, 1.165) is 12.1 Å². The Bertz CT molecular complexity index is 785. The van der Waals surface area contributed by atoms with Crippen molar-refractivity contribution in [3.8, 4) is 5.69 Å². The largest absolute Gasteiger partial charge is 0.416 e. The molecule has 1 heterocycles. The fraction of sp³-hybridized carbons (Fsp3) is 0.214. The van der Waals surface area contributed by atoms with Gasteiger partial charge in [-0.05, 0) is 37.3 Å². The summed E-state index contributed by atoms with van der Waals surface area (Å²) in [4.78, 5) is 0. The standard InChI is InChI=1S/C14H13ClF3N5S/c1-8-11(7-20-21-13(24)19-2)12(15)23(22-8)10-5-3-4-9(6-10)14(16,17)18/h3-7H,1-2H3,(H2,19,21,24)/b20-7-. The molecule has 0 radical (unpaired) electrons. The number of rotatable bonds is 3. The van der Waals surface area contributed by atoms with Gasteiger partial charge in [0.05, 0.1) is 28.7 Å². The van der Waals surface area contributed by atoms with E-state index < -0.39 is 11.7 Å². The first-order valence-corrected chi connectivity index (χ1v) is 7.46. The third kappa shape index (κ3) is 4.04. The average molecular weight is 376 g/mol. The Morgan fingerprint density at radius 1 is 1.42 bits per heavy atom. The van der Waals surface area contributed by atoms with Crippen LogP contribution in [0, 0.1) is 6.92 Å². The molecule has 5 nitrogen and oxygen atoms in total. The lowest BCUT2D eigenvalue weighted by molar-refractivity contribution is -0.137. The van der Waals surface area contributed by atoms with Gasteiger partial charge in [-0.1, -0.05) is 17.7 Å². The Morgan fingerprint density at radius 2 is 2.12 bits per heavy atom. The molecule has 2 N–H and O–H groups in total. The van der Waals surface area contributed by atoms with Crippen LogP contribution >= 0.6 is 23.8 Å². The quantitative estimate of drug-likeness (QED) is 0.491. The van der Waals surface area contributed by atoms with E-state index in [2.05, 4.69) is 20.9 Å². The monoisotopic (exact) mass is 375 g/mol. The summed E-state index contributed by atoms with van der Waals surface area (Å²) < 4.78 is 39.7. The summed E-state index contributed by atoms with van der Waals surface area (Å²) in [6.45, 7) is 1.67. The molecule has 0 saturated carbocycles. The number of nitrogens with zero attached hydrogens (tertiary/aromatic N) is 3. The van der Waals surface area contributed by atoms with Crippen molar-refractivity contribution in [2.24, 2.45) is 5.10 Å². The van der Waals surface area contributed by atoms with Crippen molar-refractivity contribution in [3.63, 3.8) is 0 Å². The van der Waals surface area contributed by atoms with Gasteiger partial charge in [0, 0.05) is 7.05 Å². The van der Waals surface area contributed by atoms with Gasteiger partial charge >= 0.3 is 6.18 Å². The lowest BCUT2D eigenvalue weighted by Crippen LogP contribution is -2.28. The van der Waals surface area contributed by atoms with Crippen molar-refractivity contribution < 1.29 is 13.2 Å². The first-order chi connectivity index (χ1) is 11.2. The summed E-state index contributed by atoms with van der Waals surface area (Å²) in [5.74, 6) is 0.